The molecule has 0 aliphatic carbocycles. The summed E-state index contributed by atoms with van der Waals surface area (Å²) in [7, 11) is 0. The van der Waals surface area contributed by atoms with Gasteiger partial charge in [-0.3, -0.25) is 5.10 Å². The van der Waals surface area contributed by atoms with E-state index in [1.54, 1.807) is 0 Å². The first kappa shape index (κ1) is 11.5. The van der Waals surface area contributed by atoms with E-state index in [4.69, 9.17) is 10.2 Å². The minimum Gasteiger partial charge on any atom is -0.453 e. The van der Waals surface area contributed by atoms with Crippen LogP contribution in [0.15, 0.2) is 40.8 Å². The minimum atomic E-state index is 0.210. The van der Waals surface area contributed by atoms with Crippen LogP contribution in [0.4, 0.5) is 5.95 Å². The number of benzene rings is 1. The molecular formula is C14H14N4O. The smallest absolute Gasteiger partial charge is 0.239 e. The number of nitrogens with two attached hydrogens (primary N) is 1. The molecule has 0 unspecified atom stereocenters. The van der Waals surface area contributed by atoms with Gasteiger partial charge in [-0.1, -0.05) is 31.2 Å². The summed E-state index contributed by atoms with van der Waals surface area (Å²) in [6.07, 6.45) is 0.960. The fourth-order valence-corrected chi connectivity index (χ4v) is 2.06. The molecule has 5 heteroatoms. The molecule has 2 heterocycles. The summed E-state index contributed by atoms with van der Waals surface area (Å²) in [5, 5.41) is 6.53. The number of hydrogen-bond donors (Lipinski definition) is 2. The zero-order valence-electron chi connectivity index (χ0n) is 10.6. The first-order valence-corrected chi connectivity index (χ1v) is 6.14. The molecule has 0 aliphatic rings. The molecule has 0 aliphatic heterocycles. The summed E-state index contributed by atoms with van der Waals surface area (Å²) in [6, 6.07) is 12.0. The molecule has 2 aromatic heterocycles. The average molecular weight is 254 g/mol. The quantitative estimate of drug-likeness (QED) is 0.753. The van der Waals surface area contributed by atoms with E-state index in [9.17, 15) is 0 Å². The lowest BCUT2D eigenvalue weighted by Crippen LogP contribution is -1.85. The maximum absolute atomic E-state index is 5.82. The number of anilines is 1. The van der Waals surface area contributed by atoms with Crippen LogP contribution in [-0.2, 0) is 6.42 Å². The van der Waals surface area contributed by atoms with Gasteiger partial charge in [-0.2, -0.15) is 4.98 Å². The van der Waals surface area contributed by atoms with E-state index in [0.717, 1.165) is 17.7 Å². The van der Waals surface area contributed by atoms with Crippen LogP contribution in [0.2, 0.25) is 0 Å². The Labute approximate surface area is 110 Å². The second-order valence-corrected chi connectivity index (χ2v) is 4.22. The number of rotatable bonds is 3. The van der Waals surface area contributed by atoms with Gasteiger partial charge < -0.3 is 10.2 Å². The van der Waals surface area contributed by atoms with Crippen LogP contribution in [-0.4, -0.2) is 15.2 Å². The van der Waals surface area contributed by atoms with Crippen LogP contribution in [0, 0.1) is 0 Å². The van der Waals surface area contributed by atoms with E-state index in [1.807, 2.05) is 24.3 Å². The number of nitrogens with zero attached hydrogens (tertiary/aromatic N) is 2. The molecule has 0 saturated heterocycles. The van der Waals surface area contributed by atoms with E-state index in [-0.39, 0.29) is 5.95 Å². The third kappa shape index (κ3) is 2.10. The second kappa shape index (κ2) is 4.61. The number of H-pyrrole nitrogens is 1. The Morgan fingerprint density at radius 1 is 1.16 bits per heavy atom. The van der Waals surface area contributed by atoms with Crippen molar-refractivity contribution in [3.05, 3.63) is 42.0 Å². The van der Waals surface area contributed by atoms with Gasteiger partial charge in [0.25, 0.3) is 0 Å². The zero-order chi connectivity index (χ0) is 13.2. The molecule has 19 heavy (non-hydrogen) atoms. The number of aromatic amines is 1. The summed E-state index contributed by atoms with van der Waals surface area (Å²) in [6.45, 7) is 2.12. The van der Waals surface area contributed by atoms with E-state index >= 15 is 0 Å². The predicted molar refractivity (Wildman–Crippen MR) is 73.3 cm³/mol. The number of nitrogen functional groups attached to an aromatic ring is 1. The van der Waals surface area contributed by atoms with Gasteiger partial charge >= 0.3 is 0 Å². The monoisotopic (exact) mass is 254 g/mol. The molecule has 3 aromatic rings. The number of furan rings is 1. The SMILES string of the molecule is CCc1ccccc1-c1ccc(-c2nc(N)n[nH]2)o1. The van der Waals surface area contributed by atoms with Crippen molar-refractivity contribution in [3.63, 3.8) is 0 Å². The maximum Gasteiger partial charge on any atom is 0.239 e. The van der Waals surface area contributed by atoms with E-state index in [0.29, 0.717) is 11.6 Å². The fourth-order valence-electron chi connectivity index (χ4n) is 2.06. The lowest BCUT2D eigenvalue weighted by molar-refractivity contribution is 0.591. The topological polar surface area (TPSA) is 80.7 Å². The zero-order valence-corrected chi connectivity index (χ0v) is 10.6. The van der Waals surface area contributed by atoms with Crippen molar-refractivity contribution in [1.29, 1.82) is 0 Å². The van der Waals surface area contributed by atoms with E-state index < -0.39 is 0 Å². The van der Waals surface area contributed by atoms with Gasteiger partial charge in [0.05, 0.1) is 0 Å². The molecule has 1 aromatic carbocycles. The van der Waals surface area contributed by atoms with Gasteiger partial charge in [-0.05, 0) is 24.1 Å². The van der Waals surface area contributed by atoms with Crippen molar-refractivity contribution >= 4 is 5.95 Å². The molecule has 0 spiro atoms. The van der Waals surface area contributed by atoms with E-state index in [2.05, 4.69) is 34.2 Å². The highest BCUT2D eigenvalue weighted by molar-refractivity contribution is 5.65. The Bertz CT molecular complexity index is 699. The second-order valence-electron chi connectivity index (χ2n) is 4.22. The van der Waals surface area contributed by atoms with Gasteiger partial charge in [-0.25, -0.2) is 0 Å². The summed E-state index contributed by atoms with van der Waals surface area (Å²) in [4.78, 5) is 4.05. The number of nitrogens with one attached hydrogen (secondary N) is 1. The first-order valence-electron chi connectivity index (χ1n) is 6.14. The third-order valence-corrected chi connectivity index (χ3v) is 3.01. The van der Waals surface area contributed by atoms with Crippen molar-refractivity contribution in [2.45, 2.75) is 13.3 Å². The first-order chi connectivity index (χ1) is 9.28. The molecule has 0 bridgehead atoms. The Kier molecular flexibility index (Phi) is 2.79. The van der Waals surface area contributed by atoms with Gasteiger partial charge in [0, 0.05) is 5.56 Å². The van der Waals surface area contributed by atoms with Crippen LogP contribution in [0.1, 0.15) is 12.5 Å². The summed E-state index contributed by atoms with van der Waals surface area (Å²) >= 11 is 0. The highest BCUT2D eigenvalue weighted by atomic mass is 16.3. The standard InChI is InChI=1S/C14H14N4O/c1-2-9-5-3-4-6-10(9)11-7-8-12(19-11)13-16-14(15)18-17-13/h3-8H,2H2,1H3,(H3,15,16,17,18). The maximum atomic E-state index is 5.82. The number of aryl methyl sites for hydroxylation is 1. The van der Waals surface area contributed by atoms with Gasteiger partial charge in [0.15, 0.2) is 11.6 Å². The minimum absolute atomic E-state index is 0.210. The molecule has 96 valence electrons. The molecular weight excluding hydrogens is 240 g/mol. The van der Waals surface area contributed by atoms with Crippen molar-refractivity contribution in [1.82, 2.24) is 15.2 Å². The predicted octanol–water partition coefficient (Wildman–Crippen LogP) is 2.88. The number of hydrogen-bond acceptors (Lipinski definition) is 4. The molecule has 0 fully saturated rings. The summed E-state index contributed by atoms with van der Waals surface area (Å²) in [5.41, 5.74) is 7.84. The lowest BCUT2D eigenvalue weighted by Gasteiger charge is -2.03. The van der Waals surface area contributed by atoms with Crippen LogP contribution >= 0.6 is 0 Å². The third-order valence-electron chi connectivity index (χ3n) is 3.01. The Balaban J connectivity index is 2.01. The van der Waals surface area contributed by atoms with Gasteiger partial charge in [0.1, 0.15) is 5.76 Å². The highest BCUT2D eigenvalue weighted by Gasteiger charge is 2.11. The Morgan fingerprint density at radius 3 is 2.68 bits per heavy atom. The van der Waals surface area contributed by atoms with Gasteiger partial charge in [-0.15, -0.1) is 5.10 Å². The van der Waals surface area contributed by atoms with Crippen LogP contribution < -0.4 is 5.73 Å². The molecule has 3 rings (SSSR count). The molecule has 0 atom stereocenters. The summed E-state index contributed by atoms with van der Waals surface area (Å²) in [5.74, 6) is 2.20. The van der Waals surface area contributed by atoms with E-state index in [1.165, 1.54) is 5.56 Å². The molecule has 0 radical (unpaired) electrons. The summed E-state index contributed by atoms with van der Waals surface area (Å²) < 4.78 is 5.82. The van der Waals surface area contributed by atoms with Gasteiger partial charge in [0.2, 0.25) is 5.95 Å². The van der Waals surface area contributed by atoms with Crippen molar-refractivity contribution in [2.24, 2.45) is 0 Å². The Morgan fingerprint density at radius 2 is 1.95 bits per heavy atom. The van der Waals surface area contributed by atoms with Crippen molar-refractivity contribution < 1.29 is 4.42 Å². The normalized spacial score (nSPS) is 10.8. The Hall–Kier alpha value is -2.56. The number of aromatic nitrogens is 3. The van der Waals surface area contributed by atoms with Crippen LogP contribution in [0.25, 0.3) is 22.9 Å². The van der Waals surface area contributed by atoms with Crippen LogP contribution in [0.3, 0.4) is 0 Å². The molecule has 5 nitrogen and oxygen atoms in total. The molecule has 0 saturated carbocycles. The van der Waals surface area contributed by atoms with Crippen LogP contribution in [0.5, 0.6) is 0 Å². The fraction of sp³-hybridized carbons (Fsp3) is 0.143. The largest absolute Gasteiger partial charge is 0.453 e. The lowest BCUT2D eigenvalue weighted by atomic mass is 10.0. The highest BCUT2D eigenvalue weighted by Crippen LogP contribution is 2.29. The van der Waals surface area contributed by atoms with Crippen molar-refractivity contribution in [3.8, 4) is 22.9 Å². The van der Waals surface area contributed by atoms with Crippen molar-refractivity contribution in [2.75, 3.05) is 5.73 Å². The average Bonchev–Trinajstić information content (AvgIpc) is 3.07. The molecule has 3 N–H and O–H groups in total. The molecule has 0 amide bonds.